The molecular weight excluding hydrogens is 492 g/mol. The molecule has 0 aliphatic carbocycles. The van der Waals surface area contributed by atoms with Crippen LogP contribution in [0.5, 0.6) is 0 Å². The second kappa shape index (κ2) is 10.0. The number of benzene rings is 4. The lowest BCUT2D eigenvalue weighted by Gasteiger charge is -2.20. The maximum atomic E-state index is 13.4. The molecule has 0 saturated carbocycles. The fourth-order valence-corrected chi connectivity index (χ4v) is 5.91. The summed E-state index contributed by atoms with van der Waals surface area (Å²) in [6, 6.07) is 32.4. The van der Waals surface area contributed by atoms with Gasteiger partial charge < -0.3 is 9.88 Å². The van der Waals surface area contributed by atoms with Gasteiger partial charge in [0.2, 0.25) is 15.7 Å². The summed E-state index contributed by atoms with van der Waals surface area (Å²) in [4.78, 5) is 13.6. The zero-order valence-corrected chi connectivity index (χ0v) is 20.8. The molecule has 0 atom stereocenters. The summed E-state index contributed by atoms with van der Waals surface area (Å²) in [5.41, 5.74) is 2.58. The normalized spacial score (nSPS) is 11.6. The Balaban J connectivity index is 1.48. The molecule has 5 aromatic rings. The second-order valence-corrected chi connectivity index (χ2v) is 10.8. The van der Waals surface area contributed by atoms with E-state index in [0.717, 1.165) is 11.1 Å². The molecule has 0 aliphatic heterocycles. The second-order valence-electron chi connectivity index (χ2n) is 8.42. The highest BCUT2D eigenvalue weighted by molar-refractivity contribution is 7.91. The van der Waals surface area contributed by atoms with E-state index < -0.39 is 9.84 Å². The van der Waals surface area contributed by atoms with Gasteiger partial charge in [-0.3, -0.25) is 4.79 Å². The summed E-state index contributed by atoms with van der Waals surface area (Å²) >= 11 is 5.95. The number of aromatic nitrogens is 1. The lowest BCUT2D eigenvalue weighted by Crippen LogP contribution is -2.32. The molecule has 0 bridgehead atoms. The van der Waals surface area contributed by atoms with Crippen molar-refractivity contribution >= 4 is 38.2 Å². The predicted molar refractivity (Wildman–Crippen MR) is 142 cm³/mol. The van der Waals surface area contributed by atoms with Gasteiger partial charge in [-0.2, -0.15) is 0 Å². The molecule has 4 aromatic carbocycles. The monoisotopic (exact) mass is 514 g/mol. The molecule has 0 aliphatic rings. The van der Waals surface area contributed by atoms with E-state index in [0.29, 0.717) is 15.9 Å². The van der Waals surface area contributed by atoms with Crippen molar-refractivity contribution in [3.63, 3.8) is 0 Å². The average Bonchev–Trinajstić information content (AvgIpc) is 3.28. The summed E-state index contributed by atoms with van der Waals surface area (Å²) in [5.74, 6) is -0.232. The number of halogens is 1. The fraction of sp³-hybridized carbons (Fsp3) is 0.0690. The third-order valence-electron chi connectivity index (χ3n) is 6.05. The summed E-state index contributed by atoms with van der Waals surface area (Å²) in [6.07, 6.45) is 1.54. The van der Waals surface area contributed by atoms with Crippen LogP contribution in [0.25, 0.3) is 10.9 Å². The summed E-state index contributed by atoms with van der Waals surface area (Å²) in [6.45, 7) is -0.0349. The molecule has 0 fully saturated rings. The van der Waals surface area contributed by atoms with Gasteiger partial charge in [0, 0.05) is 22.1 Å². The van der Waals surface area contributed by atoms with E-state index in [4.69, 9.17) is 11.6 Å². The molecule has 36 heavy (non-hydrogen) atoms. The number of rotatable bonds is 7. The van der Waals surface area contributed by atoms with Gasteiger partial charge in [0.05, 0.1) is 15.8 Å². The number of nitrogens with zero attached hydrogens (tertiary/aromatic N) is 1. The Bertz CT molecular complexity index is 1570. The summed E-state index contributed by atoms with van der Waals surface area (Å²) < 4.78 is 28.6. The van der Waals surface area contributed by atoms with Gasteiger partial charge in [0.25, 0.3) is 0 Å². The Kier molecular flexibility index (Phi) is 6.63. The molecule has 1 N–H and O–H groups in total. The van der Waals surface area contributed by atoms with Crippen LogP contribution in [0.15, 0.2) is 125 Å². The van der Waals surface area contributed by atoms with Crippen LogP contribution in [0.2, 0.25) is 5.02 Å². The van der Waals surface area contributed by atoms with Crippen molar-refractivity contribution in [3.8, 4) is 0 Å². The number of carbonyl (C=O) groups excluding carboxylic acids is 1. The van der Waals surface area contributed by atoms with Crippen LogP contribution in [0, 0.1) is 0 Å². The minimum atomic E-state index is -3.82. The molecule has 180 valence electrons. The lowest BCUT2D eigenvalue weighted by atomic mass is 9.99. The molecule has 5 nitrogen and oxygen atoms in total. The van der Waals surface area contributed by atoms with Crippen molar-refractivity contribution in [1.29, 1.82) is 0 Å². The number of hydrogen-bond acceptors (Lipinski definition) is 3. The van der Waals surface area contributed by atoms with Crippen molar-refractivity contribution in [1.82, 2.24) is 9.88 Å². The van der Waals surface area contributed by atoms with E-state index >= 15 is 0 Å². The van der Waals surface area contributed by atoms with Gasteiger partial charge in [-0.15, -0.1) is 0 Å². The molecule has 5 rings (SSSR count). The van der Waals surface area contributed by atoms with Crippen LogP contribution >= 0.6 is 11.6 Å². The number of hydrogen-bond donors (Lipinski definition) is 1. The third-order valence-corrected chi connectivity index (χ3v) is 8.10. The van der Waals surface area contributed by atoms with E-state index in [2.05, 4.69) is 5.32 Å². The average molecular weight is 515 g/mol. The van der Waals surface area contributed by atoms with Crippen LogP contribution in [-0.4, -0.2) is 18.9 Å². The first-order valence-electron chi connectivity index (χ1n) is 11.4. The number of carbonyl (C=O) groups is 1. The Hall–Kier alpha value is -3.87. The first-order chi connectivity index (χ1) is 17.4. The van der Waals surface area contributed by atoms with Crippen molar-refractivity contribution in [2.24, 2.45) is 0 Å². The van der Waals surface area contributed by atoms with Gasteiger partial charge in [-0.1, -0.05) is 90.5 Å². The quantitative estimate of drug-likeness (QED) is 0.288. The first-order valence-corrected chi connectivity index (χ1v) is 13.3. The number of sulfone groups is 1. The van der Waals surface area contributed by atoms with Gasteiger partial charge in [-0.25, -0.2) is 8.42 Å². The fourth-order valence-electron chi connectivity index (χ4n) is 4.31. The minimum absolute atomic E-state index is 0.0349. The summed E-state index contributed by atoms with van der Waals surface area (Å²) in [7, 11) is -3.82. The standard InChI is InChI=1S/C29H23ClN2O3S/c30-23-15-17-24(18-16-23)36(34,35)27-19-32(26-14-8-7-13-25(26)27)20-28(33)31-29(21-9-3-1-4-10-21)22-11-5-2-6-12-22/h1-19,29H,20H2,(H,31,33). The van der Waals surface area contributed by atoms with E-state index in [-0.39, 0.29) is 28.3 Å². The van der Waals surface area contributed by atoms with E-state index in [1.807, 2.05) is 72.8 Å². The maximum absolute atomic E-state index is 13.4. The highest BCUT2D eigenvalue weighted by Crippen LogP contribution is 2.31. The zero-order valence-electron chi connectivity index (χ0n) is 19.2. The molecule has 7 heteroatoms. The SMILES string of the molecule is O=C(Cn1cc(S(=O)(=O)c2ccc(Cl)cc2)c2ccccc21)NC(c1ccccc1)c1ccccc1. The van der Waals surface area contributed by atoms with E-state index in [1.165, 1.54) is 18.3 Å². The molecule has 1 aromatic heterocycles. The molecule has 0 spiro atoms. The van der Waals surface area contributed by atoms with Crippen LogP contribution in [-0.2, 0) is 21.2 Å². The number of para-hydroxylation sites is 1. The molecule has 1 amide bonds. The molecule has 0 saturated heterocycles. The van der Waals surface area contributed by atoms with E-state index in [9.17, 15) is 13.2 Å². The first kappa shape index (κ1) is 23.9. The molecule has 1 heterocycles. The van der Waals surface area contributed by atoms with Crippen molar-refractivity contribution in [3.05, 3.63) is 132 Å². The lowest BCUT2D eigenvalue weighted by molar-refractivity contribution is -0.122. The number of amides is 1. The van der Waals surface area contributed by atoms with Crippen LogP contribution < -0.4 is 5.32 Å². The van der Waals surface area contributed by atoms with Gasteiger partial charge in [-0.05, 0) is 41.5 Å². The Morgan fingerprint density at radius 1 is 0.778 bits per heavy atom. The van der Waals surface area contributed by atoms with Crippen molar-refractivity contribution in [2.75, 3.05) is 0 Å². The maximum Gasteiger partial charge on any atom is 0.240 e. The largest absolute Gasteiger partial charge is 0.344 e. The van der Waals surface area contributed by atoms with Crippen molar-refractivity contribution in [2.45, 2.75) is 22.4 Å². The predicted octanol–water partition coefficient (Wildman–Crippen LogP) is 6.03. The van der Waals surface area contributed by atoms with Crippen LogP contribution in [0.1, 0.15) is 17.2 Å². The Labute approximate surface area is 214 Å². The Morgan fingerprint density at radius 3 is 1.94 bits per heavy atom. The minimum Gasteiger partial charge on any atom is -0.344 e. The van der Waals surface area contributed by atoms with Gasteiger partial charge in [0.1, 0.15) is 6.54 Å². The van der Waals surface area contributed by atoms with Gasteiger partial charge in [0.15, 0.2) is 0 Å². The third kappa shape index (κ3) is 4.78. The molecular formula is C29H23ClN2O3S. The topological polar surface area (TPSA) is 68.2 Å². The van der Waals surface area contributed by atoms with Crippen LogP contribution in [0.4, 0.5) is 0 Å². The van der Waals surface area contributed by atoms with Crippen molar-refractivity contribution < 1.29 is 13.2 Å². The number of nitrogens with one attached hydrogen (secondary N) is 1. The molecule has 0 radical (unpaired) electrons. The molecule has 0 unspecified atom stereocenters. The highest BCUT2D eigenvalue weighted by atomic mass is 35.5. The number of fused-ring (bicyclic) bond motifs is 1. The smallest absolute Gasteiger partial charge is 0.240 e. The van der Waals surface area contributed by atoms with Gasteiger partial charge >= 0.3 is 0 Å². The highest BCUT2D eigenvalue weighted by Gasteiger charge is 2.24. The summed E-state index contributed by atoms with van der Waals surface area (Å²) in [5, 5.41) is 4.14. The van der Waals surface area contributed by atoms with Crippen LogP contribution in [0.3, 0.4) is 0 Å². The Morgan fingerprint density at radius 2 is 1.33 bits per heavy atom. The van der Waals surface area contributed by atoms with E-state index in [1.54, 1.807) is 28.8 Å². The zero-order chi connectivity index (χ0) is 25.1.